The summed E-state index contributed by atoms with van der Waals surface area (Å²) in [6.07, 6.45) is 7.37. The summed E-state index contributed by atoms with van der Waals surface area (Å²) in [5, 5.41) is 3.42. The maximum absolute atomic E-state index is 3.42. The third kappa shape index (κ3) is 3.62. The van der Waals surface area contributed by atoms with Crippen LogP contribution in [-0.4, -0.2) is 0 Å². The van der Waals surface area contributed by atoms with E-state index in [-0.39, 0.29) is 0 Å². The Balaban J connectivity index is 2.83. The molecule has 1 rings (SSSR count). The Labute approximate surface area is 92.5 Å². The van der Waals surface area contributed by atoms with Crippen molar-refractivity contribution in [3.63, 3.8) is 0 Å². The van der Waals surface area contributed by atoms with E-state index in [2.05, 4.69) is 55.6 Å². The predicted molar refractivity (Wildman–Crippen MR) is 68.0 cm³/mol. The largest absolute Gasteiger partial charge is 0.356 e. The first kappa shape index (κ1) is 11.6. The van der Waals surface area contributed by atoms with E-state index in [9.17, 15) is 0 Å². The Bertz CT molecular complexity index is 361. The van der Waals surface area contributed by atoms with Crippen LogP contribution >= 0.6 is 0 Å². The first-order valence-corrected chi connectivity index (χ1v) is 5.43. The van der Waals surface area contributed by atoms with Gasteiger partial charge >= 0.3 is 0 Å². The molecule has 1 heteroatoms. The molecule has 0 radical (unpaired) electrons. The molecule has 0 aliphatic carbocycles. The third-order valence-electron chi connectivity index (χ3n) is 2.19. The molecule has 1 aromatic rings. The zero-order chi connectivity index (χ0) is 11.1. The molecule has 1 aromatic carbocycles. The van der Waals surface area contributed by atoms with Crippen LogP contribution in [0.2, 0.25) is 0 Å². The number of allylic oxidation sites excluding steroid dienone is 3. The average Bonchev–Trinajstić information content (AvgIpc) is 2.22. The molecule has 0 spiro atoms. The van der Waals surface area contributed by atoms with Crippen LogP contribution in [0, 0.1) is 6.92 Å². The van der Waals surface area contributed by atoms with E-state index in [1.807, 2.05) is 13.0 Å². The molecule has 15 heavy (non-hydrogen) atoms. The molecule has 0 amide bonds. The second-order valence-electron chi connectivity index (χ2n) is 3.51. The Hall–Kier alpha value is -1.50. The Morgan fingerprint density at radius 1 is 1.33 bits per heavy atom. The van der Waals surface area contributed by atoms with E-state index in [4.69, 9.17) is 0 Å². The van der Waals surface area contributed by atoms with Gasteiger partial charge in [-0.1, -0.05) is 37.3 Å². The van der Waals surface area contributed by atoms with E-state index in [0.29, 0.717) is 0 Å². The minimum Gasteiger partial charge on any atom is -0.356 e. The normalized spacial score (nSPS) is 12.1. The van der Waals surface area contributed by atoms with Gasteiger partial charge in [0.1, 0.15) is 0 Å². The summed E-state index contributed by atoms with van der Waals surface area (Å²) in [7, 11) is 0. The van der Waals surface area contributed by atoms with Gasteiger partial charge in [-0.05, 0) is 38.0 Å². The number of hydrogen-bond donors (Lipinski definition) is 1. The summed E-state index contributed by atoms with van der Waals surface area (Å²) < 4.78 is 0. The maximum atomic E-state index is 3.42. The molecule has 0 atom stereocenters. The summed E-state index contributed by atoms with van der Waals surface area (Å²) in [5.74, 6) is 0. The minimum absolute atomic E-state index is 1.04. The zero-order valence-corrected chi connectivity index (χ0v) is 9.75. The van der Waals surface area contributed by atoms with Crippen LogP contribution in [0.5, 0.6) is 0 Å². The summed E-state index contributed by atoms with van der Waals surface area (Å²) in [6.45, 7) is 6.29. The lowest BCUT2D eigenvalue weighted by Gasteiger charge is -2.09. The number of nitrogens with one attached hydrogen (secondary N) is 1. The van der Waals surface area contributed by atoms with Crippen molar-refractivity contribution < 1.29 is 0 Å². The molecule has 1 N–H and O–H groups in total. The molecule has 0 saturated carbocycles. The van der Waals surface area contributed by atoms with Gasteiger partial charge in [0.05, 0.1) is 0 Å². The average molecular weight is 201 g/mol. The lowest BCUT2D eigenvalue weighted by molar-refractivity contribution is 1.19. The van der Waals surface area contributed by atoms with Crippen LogP contribution in [0.25, 0.3) is 0 Å². The summed E-state index contributed by atoms with van der Waals surface area (Å²) in [4.78, 5) is 0. The molecular formula is C14H19N. The van der Waals surface area contributed by atoms with Crippen molar-refractivity contribution in [3.05, 3.63) is 53.8 Å². The lowest BCUT2D eigenvalue weighted by atomic mass is 10.2. The van der Waals surface area contributed by atoms with Gasteiger partial charge in [0, 0.05) is 11.4 Å². The topological polar surface area (TPSA) is 12.0 Å². The maximum Gasteiger partial charge on any atom is 0.0413 e. The molecule has 0 saturated heterocycles. The van der Waals surface area contributed by atoms with Crippen molar-refractivity contribution in [1.82, 2.24) is 0 Å². The quantitative estimate of drug-likeness (QED) is 0.717. The summed E-state index contributed by atoms with van der Waals surface area (Å²) in [6, 6.07) is 8.32. The zero-order valence-electron chi connectivity index (χ0n) is 9.75. The first-order chi connectivity index (χ1) is 7.27. The van der Waals surface area contributed by atoms with Crippen LogP contribution in [0.1, 0.15) is 25.8 Å². The van der Waals surface area contributed by atoms with Gasteiger partial charge in [0.15, 0.2) is 0 Å². The van der Waals surface area contributed by atoms with Gasteiger partial charge < -0.3 is 5.32 Å². The van der Waals surface area contributed by atoms with E-state index in [1.165, 1.54) is 11.3 Å². The molecule has 0 heterocycles. The van der Waals surface area contributed by atoms with Crippen molar-refractivity contribution in [2.45, 2.75) is 27.2 Å². The van der Waals surface area contributed by atoms with Gasteiger partial charge in [-0.25, -0.2) is 0 Å². The van der Waals surface area contributed by atoms with E-state index >= 15 is 0 Å². The van der Waals surface area contributed by atoms with E-state index < -0.39 is 0 Å². The number of anilines is 1. The second-order valence-corrected chi connectivity index (χ2v) is 3.51. The monoisotopic (exact) mass is 201 g/mol. The summed E-state index contributed by atoms with van der Waals surface area (Å²) >= 11 is 0. The lowest BCUT2D eigenvalue weighted by Crippen LogP contribution is -1.98. The summed E-state index contributed by atoms with van der Waals surface area (Å²) in [5.41, 5.74) is 3.61. The fourth-order valence-corrected chi connectivity index (χ4v) is 1.43. The Morgan fingerprint density at radius 3 is 2.67 bits per heavy atom. The van der Waals surface area contributed by atoms with Gasteiger partial charge in [-0.3, -0.25) is 0 Å². The highest BCUT2D eigenvalue weighted by molar-refractivity contribution is 5.55. The number of aryl methyl sites for hydroxylation is 1. The highest BCUT2D eigenvalue weighted by Crippen LogP contribution is 2.16. The smallest absolute Gasteiger partial charge is 0.0413 e. The fourth-order valence-electron chi connectivity index (χ4n) is 1.43. The Kier molecular flexibility index (Phi) is 4.69. The molecule has 0 bridgehead atoms. The second kappa shape index (κ2) is 6.07. The standard InChI is InChI=1S/C14H19N/c1-4-8-13(9-5-2)15-14-11-7-6-10-12(14)3/h4,6-11,15H,5H2,1-3H3/b8-4-,13-9+. The van der Waals surface area contributed by atoms with E-state index in [0.717, 1.165) is 12.1 Å². The van der Waals surface area contributed by atoms with Crippen LogP contribution in [0.4, 0.5) is 5.69 Å². The molecule has 0 aromatic heterocycles. The van der Waals surface area contributed by atoms with Crippen molar-refractivity contribution in [2.75, 3.05) is 5.32 Å². The number of para-hydroxylation sites is 1. The van der Waals surface area contributed by atoms with Crippen LogP contribution in [0.3, 0.4) is 0 Å². The fraction of sp³-hybridized carbons (Fsp3) is 0.286. The molecule has 0 aliphatic heterocycles. The van der Waals surface area contributed by atoms with E-state index in [1.54, 1.807) is 0 Å². The highest BCUT2D eigenvalue weighted by Gasteiger charge is 1.96. The predicted octanol–water partition coefficient (Wildman–Crippen LogP) is 4.28. The van der Waals surface area contributed by atoms with Gasteiger partial charge in [0.25, 0.3) is 0 Å². The number of benzene rings is 1. The van der Waals surface area contributed by atoms with Gasteiger partial charge in [-0.15, -0.1) is 0 Å². The molecule has 0 aliphatic rings. The molecule has 80 valence electrons. The van der Waals surface area contributed by atoms with Gasteiger partial charge in [-0.2, -0.15) is 0 Å². The SMILES string of the molecule is C/C=C\C(=C/CC)Nc1ccccc1C. The third-order valence-corrected chi connectivity index (χ3v) is 2.19. The van der Waals surface area contributed by atoms with Gasteiger partial charge in [0.2, 0.25) is 0 Å². The molecule has 0 fully saturated rings. The van der Waals surface area contributed by atoms with Crippen LogP contribution < -0.4 is 5.32 Å². The van der Waals surface area contributed by atoms with Crippen LogP contribution in [0.15, 0.2) is 48.2 Å². The van der Waals surface area contributed by atoms with Crippen molar-refractivity contribution in [2.24, 2.45) is 0 Å². The van der Waals surface area contributed by atoms with Crippen molar-refractivity contribution >= 4 is 5.69 Å². The number of hydrogen-bond acceptors (Lipinski definition) is 1. The number of rotatable bonds is 4. The molecule has 0 unspecified atom stereocenters. The first-order valence-electron chi connectivity index (χ1n) is 5.43. The minimum atomic E-state index is 1.04. The Morgan fingerprint density at radius 2 is 2.07 bits per heavy atom. The molecule has 1 nitrogen and oxygen atoms in total. The van der Waals surface area contributed by atoms with Crippen molar-refractivity contribution in [3.8, 4) is 0 Å². The van der Waals surface area contributed by atoms with Crippen molar-refractivity contribution in [1.29, 1.82) is 0 Å². The highest BCUT2D eigenvalue weighted by atomic mass is 14.9. The van der Waals surface area contributed by atoms with Crippen LogP contribution in [-0.2, 0) is 0 Å². The molecular weight excluding hydrogens is 182 g/mol.